The van der Waals surface area contributed by atoms with Gasteiger partial charge in [0.15, 0.2) is 5.03 Å². The van der Waals surface area contributed by atoms with Crippen LogP contribution in [-0.4, -0.2) is 24.9 Å². The summed E-state index contributed by atoms with van der Waals surface area (Å²) in [6.45, 7) is 4.30. The highest BCUT2D eigenvalue weighted by molar-refractivity contribution is 7.89. The second-order valence-corrected chi connectivity index (χ2v) is 6.14. The van der Waals surface area contributed by atoms with Gasteiger partial charge in [0.1, 0.15) is 0 Å². The zero-order chi connectivity index (χ0) is 15.3. The van der Waals surface area contributed by atoms with Crippen LogP contribution in [0.4, 0.5) is 5.69 Å². The molecule has 0 saturated heterocycles. The molecular formula is C14H18N4O2S. The first kappa shape index (κ1) is 15.4. The highest BCUT2D eigenvalue weighted by Gasteiger charge is 2.22. The summed E-state index contributed by atoms with van der Waals surface area (Å²) in [6, 6.07) is 6.58. The molecule has 2 aromatic rings. The van der Waals surface area contributed by atoms with Gasteiger partial charge in [-0.25, -0.2) is 18.1 Å². The molecule has 0 fully saturated rings. The van der Waals surface area contributed by atoms with Crippen LogP contribution in [-0.2, 0) is 10.0 Å². The van der Waals surface area contributed by atoms with Crippen LogP contribution in [0.25, 0.3) is 0 Å². The highest BCUT2D eigenvalue weighted by atomic mass is 32.2. The molecule has 0 amide bonds. The van der Waals surface area contributed by atoms with E-state index in [2.05, 4.69) is 20.0 Å². The zero-order valence-corrected chi connectivity index (χ0v) is 12.8. The van der Waals surface area contributed by atoms with Crippen molar-refractivity contribution in [3.05, 3.63) is 48.4 Å². The molecule has 7 heteroatoms. The first-order chi connectivity index (χ1) is 10.0. The standard InChI is InChI=1S/C14H18N4O2S/c1-3-16-13-5-4-8-17-14(13)21(19,20)18-11(2)12-6-9-15-10-7-12/h4-11,16,18H,3H2,1-2H3. The van der Waals surface area contributed by atoms with Gasteiger partial charge in [0.05, 0.1) is 5.69 Å². The minimum Gasteiger partial charge on any atom is -0.383 e. The monoisotopic (exact) mass is 306 g/mol. The Labute approximate surface area is 124 Å². The molecule has 1 atom stereocenters. The van der Waals surface area contributed by atoms with E-state index in [-0.39, 0.29) is 11.1 Å². The maximum absolute atomic E-state index is 12.5. The third kappa shape index (κ3) is 3.77. The molecule has 0 aliphatic heterocycles. The smallest absolute Gasteiger partial charge is 0.260 e. The summed E-state index contributed by atoms with van der Waals surface area (Å²) in [4.78, 5) is 7.91. The molecule has 0 saturated carbocycles. The van der Waals surface area contributed by atoms with Crippen molar-refractivity contribution in [1.82, 2.24) is 14.7 Å². The quantitative estimate of drug-likeness (QED) is 0.852. The topological polar surface area (TPSA) is 84.0 Å². The Hall–Kier alpha value is -1.99. The van der Waals surface area contributed by atoms with Crippen molar-refractivity contribution in [2.75, 3.05) is 11.9 Å². The predicted molar refractivity (Wildman–Crippen MR) is 81.4 cm³/mol. The van der Waals surface area contributed by atoms with E-state index in [1.54, 1.807) is 43.6 Å². The normalized spacial score (nSPS) is 12.9. The van der Waals surface area contributed by atoms with Crippen molar-refractivity contribution in [2.24, 2.45) is 0 Å². The lowest BCUT2D eigenvalue weighted by molar-refractivity contribution is 0.563. The molecule has 0 aliphatic carbocycles. The summed E-state index contributed by atoms with van der Waals surface area (Å²) in [7, 11) is -3.70. The van der Waals surface area contributed by atoms with Gasteiger partial charge in [0.25, 0.3) is 10.0 Å². The Morgan fingerprint density at radius 2 is 1.90 bits per heavy atom. The van der Waals surface area contributed by atoms with Crippen molar-refractivity contribution in [3.63, 3.8) is 0 Å². The second kappa shape index (κ2) is 6.64. The number of nitrogens with zero attached hydrogens (tertiary/aromatic N) is 2. The molecule has 2 heterocycles. The maximum Gasteiger partial charge on any atom is 0.260 e. The summed E-state index contributed by atoms with van der Waals surface area (Å²) in [6.07, 6.45) is 4.72. The lowest BCUT2D eigenvalue weighted by Gasteiger charge is -2.16. The minimum absolute atomic E-state index is 0.00718. The van der Waals surface area contributed by atoms with Crippen LogP contribution >= 0.6 is 0 Å². The molecule has 0 radical (unpaired) electrons. The molecular weight excluding hydrogens is 288 g/mol. The average molecular weight is 306 g/mol. The van der Waals surface area contributed by atoms with Crippen LogP contribution < -0.4 is 10.0 Å². The van der Waals surface area contributed by atoms with E-state index < -0.39 is 10.0 Å². The zero-order valence-electron chi connectivity index (χ0n) is 11.9. The van der Waals surface area contributed by atoms with Gasteiger partial charge in [-0.15, -0.1) is 0 Å². The number of hydrogen-bond acceptors (Lipinski definition) is 5. The number of sulfonamides is 1. The van der Waals surface area contributed by atoms with Crippen molar-refractivity contribution in [1.29, 1.82) is 0 Å². The van der Waals surface area contributed by atoms with E-state index >= 15 is 0 Å². The summed E-state index contributed by atoms with van der Waals surface area (Å²) < 4.78 is 27.6. The highest BCUT2D eigenvalue weighted by Crippen LogP contribution is 2.20. The van der Waals surface area contributed by atoms with Gasteiger partial charge >= 0.3 is 0 Å². The van der Waals surface area contributed by atoms with Gasteiger partial charge < -0.3 is 5.32 Å². The number of nitrogens with one attached hydrogen (secondary N) is 2. The first-order valence-corrected chi connectivity index (χ1v) is 8.14. The van der Waals surface area contributed by atoms with Crippen LogP contribution in [0.3, 0.4) is 0 Å². The van der Waals surface area contributed by atoms with Crippen molar-refractivity contribution >= 4 is 15.7 Å². The Bertz CT molecular complexity index is 689. The summed E-state index contributed by atoms with van der Waals surface area (Å²) >= 11 is 0. The molecule has 2 N–H and O–H groups in total. The molecule has 6 nitrogen and oxygen atoms in total. The van der Waals surface area contributed by atoms with E-state index in [4.69, 9.17) is 0 Å². The summed E-state index contributed by atoms with van der Waals surface area (Å²) in [5, 5.41) is 3.01. The molecule has 0 aromatic carbocycles. The van der Waals surface area contributed by atoms with Crippen LogP contribution in [0.15, 0.2) is 47.9 Å². The lowest BCUT2D eigenvalue weighted by atomic mass is 10.1. The molecule has 0 aliphatic rings. The third-order valence-electron chi connectivity index (χ3n) is 2.93. The molecule has 112 valence electrons. The number of rotatable bonds is 6. The molecule has 21 heavy (non-hydrogen) atoms. The van der Waals surface area contributed by atoms with Crippen LogP contribution in [0.1, 0.15) is 25.5 Å². The first-order valence-electron chi connectivity index (χ1n) is 6.65. The van der Waals surface area contributed by atoms with E-state index in [1.165, 1.54) is 6.20 Å². The Morgan fingerprint density at radius 3 is 2.57 bits per heavy atom. The molecule has 2 aromatic heterocycles. The fourth-order valence-corrected chi connectivity index (χ4v) is 3.28. The van der Waals surface area contributed by atoms with Gasteiger partial charge in [-0.3, -0.25) is 4.98 Å². The van der Waals surface area contributed by atoms with Crippen LogP contribution in [0.5, 0.6) is 0 Å². The molecule has 1 unspecified atom stereocenters. The van der Waals surface area contributed by atoms with E-state index in [1.807, 2.05) is 6.92 Å². The predicted octanol–water partition coefficient (Wildman–Crippen LogP) is 1.95. The molecule has 0 spiro atoms. The minimum atomic E-state index is -3.70. The van der Waals surface area contributed by atoms with Gasteiger partial charge in [-0.05, 0) is 43.7 Å². The van der Waals surface area contributed by atoms with Crippen LogP contribution in [0.2, 0.25) is 0 Å². The Balaban J connectivity index is 2.27. The van der Waals surface area contributed by atoms with E-state index in [0.29, 0.717) is 12.2 Å². The Kier molecular flexibility index (Phi) is 4.87. The average Bonchev–Trinajstić information content (AvgIpc) is 2.48. The third-order valence-corrected chi connectivity index (χ3v) is 4.43. The number of pyridine rings is 2. The van der Waals surface area contributed by atoms with E-state index in [0.717, 1.165) is 5.56 Å². The number of aromatic nitrogens is 2. The number of hydrogen-bond donors (Lipinski definition) is 2. The van der Waals surface area contributed by atoms with Crippen molar-refractivity contribution in [2.45, 2.75) is 24.9 Å². The van der Waals surface area contributed by atoms with Gasteiger partial charge in [-0.2, -0.15) is 0 Å². The summed E-state index contributed by atoms with van der Waals surface area (Å²) in [5.41, 5.74) is 1.34. The maximum atomic E-state index is 12.5. The lowest BCUT2D eigenvalue weighted by Crippen LogP contribution is -2.28. The fourth-order valence-electron chi connectivity index (χ4n) is 1.94. The Morgan fingerprint density at radius 1 is 1.19 bits per heavy atom. The van der Waals surface area contributed by atoms with Crippen molar-refractivity contribution in [3.8, 4) is 0 Å². The second-order valence-electron chi connectivity index (χ2n) is 4.51. The fraction of sp³-hybridized carbons (Fsp3) is 0.286. The largest absolute Gasteiger partial charge is 0.383 e. The van der Waals surface area contributed by atoms with Gasteiger partial charge in [0.2, 0.25) is 0 Å². The van der Waals surface area contributed by atoms with Gasteiger partial charge in [0, 0.05) is 31.2 Å². The number of anilines is 1. The summed E-state index contributed by atoms with van der Waals surface area (Å²) in [5.74, 6) is 0. The SMILES string of the molecule is CCNc1cccnc1S(=O)(=O)NC(C)c1ccncc1. The van der Waals surface area contributed by atoms with E-state index in [9.17, 15) is 8.42 Å². The van der Waals surface area contributed by atoms with Crippen molar-refractivity contribution < 1.29 is 8.42 Å². The van der Waals surface area contributed by atoms with Gasteiger partial charge in [-0.1, -0.05) is 0 Å². The molecule has 0 bridgehead atoms. The molecule has 2 rings (SSSR count). The van der Waals surface area contributed by atoms with Crippen LogP contribution in [0, 0.1) is 0 Å².